The van der Waals surface area contributed by atoms with Gasteiger partial charge in [-0.3, -0.25) is 9.59 Å². The van der Waals surface area contributed by atoms with Gasteiger partial charge in [-0.15, -0.1) is 0 Å². The lowest BCUT2D eigenvalue weighted by atomic mass is 10.2. The largest absolute Gasteiger partial charge is 0.497 e. The molecule has 148 valence electrons. The van der Waals surface area contributed by atoms with Gasteiger partial charge in [0.05, 0.1) is 13.7 Å². The van der Waals surface area contributed by atoms with Crippen LogP contribution in [-0.2, 0) is 11.4 Å². The van der Waals surface area contributed by atoms with Crippen LogP contribution in [0.15, 0.2) is 78.9 Å². The second kappa shape index (κ2) is 9.94. The standard InChI is InChI=1S/C23H22N2O4/c1-28-21-9-5-8-18(14-21)23(27)24-15-22(26)25-19-10-12-20(13-11-19)29-16-17-6-3-2-4-7-17/h2-14H,15-16H2,1H3,(H,24,27)(H,25,26). The molecule has 3 aromatic carbocycles. The van der Waals surface area contributed by atoms with Crippen LogP contribution in [-0.4, -0.2) is 25.5 Å². The van der Waals surface area contributed by atoms with Crippen molar-refractivity contribution in [2.45, 2.75) is 6.61 Å². The molecule has 0 spiro atoms. The summed E-state index contributed by atoms with van der Waals surface area (Å²) in [6.07, 6.45) is 0. The molecule has 0 saturated heterocycles. The molecule has 0 fully saturated rings. The first-order valence-corrected chi connectivity index (χ1v) is 9.13. The van der Waals surface area contributed by atoms with Crippen molar-refractivity contribution >= 4 is 17.5 Å². The second-order valence-corrected chi connectivity index (χ2v) is 6.26. The molecule has 0 saturated carbocycles. The van der Waals surface area contributed by atoms with Crippen molar-refractivity contribution in [3.63, 3.8) is 0 Å². The molecule has 29 heavy (non-hydrogen) atoms. The molecule has 0 atom stereocenters. The van der Waals surface area contributed by atoms with Crippen molar-refractivity contribution in [1.82, 2.24) is 5.32 Å². The Labute approximate surface area is 169 Å². The Kier molecular flexibility index (Phi) is 6.84. The maximum Gasteiger partial charge on any atom is 0.251 e. The molecule has 0 bridgehead atoms. The smallest absolute Gasteiger partial charge is 0.251 e. The molecule has 0 radical (unpaired) electrons. The van der Waals surface area contributed by atoms with Gasteiger partial charge in [0.25, 0.3) is 5.91 Å². The SMILES string of the molecule is COc1cccc(C(=O)NCC(=O)Nc2ccc(OCc3ccccc3)cc2)c1. The van der Waals surface area contributed by atoms with Crippen molar-refractivity contribution in [3.8, 4) is 11.5 Å². The number of hydrogen-bond acceptors (Lipinski definition) is 4. The van der Waals surface area contributed by atoms with E-state index in [1.807, 2.05) is 30.3 Å². The quantitative estimate of drug-likeness (QED) is 0.616. The van der Waals surface area contributed by atoms with E-state index < -0.39 is 0 Å². The lowest BCUT2D eigenvalue weighted by molar-refractivity contribution is -0.115. The first-order chi connectivity index (χ1) is 14.1. The number of ether oxygens (including phenoxy) is 2. The van der Waals surface area contributed by atoms with Gasteiger partial charge in [-0.1, -0.05) is 36.4 Å². The number of nitrogens with one attached hydrogen (secondary N) is 2. The Bertz CT molecular complexity index is 956. The predicted molar refractivity (Wildman–Crippen MR) is 111 cm³/mol. The summed E-state index contributed by atoms with van der Waals surface area (Å²) in [5, 5.41) is 5.33. The summed E-state index contributed by atoms with van der Waals surface area (Å²) in [5.74, 6) is 0.623. The van der Waals surface area contributed by atoms with Crippen LogP contribution in [0.3, 0.4) is 0 Å². The van der Waals surface area contributed by atoms with E-state index in [0.717, 1.165) is 5.56 Å². The van der Waals surface area contributed by atoms with Crippen LogP contribution >= 0.6 is 0 Å². The predicted octanol–water partition coefficient (Wildman–Crippen LogP) is 3.64. The van der Waals surface area contributed by atoms with Gasteiger partial charge in [0, 0.05) is 11.3 Å². The average Bonchev–Trinajstić information content (AvgIpc) is 2.77. The van der Waals surface area contributed by atoms with Crippen LogP contribution in [0.5, 0.6) is 11.5 Å². The Morgan fingerprint density at radius 1 is 0.862 bits per heavy atom. The lowest BCUT2D eigenvalue weighted by Crippen LogP contribution is -2.32. The van der Waals surface area contributed by atoms with Crippen molar-refractivity contribution in [2.24, 2.45) is 0 Å². The molecular formula is C23H22N2O4. The van der Waals surface area contributed by atoms with Crippen LogP contribution in [0.2, 0.25) is 0 Å². The Morgan fingerprint density at radius 2 is 1.62 bits per heavy atom. The average molecular weight is 390 g/mol. The zero-order valence-electron chi connectivity index (χ0n) is 16.1. The Hall–Kier alpha value is -3.80. The maximum absolute atomic E-state index is 12.1. The number of carbonyl (C=O) groups excluding carboxylic acids is 2. The summed E-state index contributed by atoms with van der Waals surface area (Å²) in [7, 11) is 1.53. The molecule has 0 heterocycles. The van der Waals surface area contributed by atoms with Crippen LogP contribution in [0, 0.1) is 0 Å². The summed E-state index contributed by atoms with van der Waals surface area (Å²) in [6.45, 7) is 0.338. The number of hydrogen-bond donors (Lipinski definition) is 2. The lowest BCUT2D eigenvalue weighted by Gasteiger charge is -2.09. The summed E-state index contributed by atoms with van der Waals surface area (Å²) >= 11 is 0. The second-order valence-electron chi connectivity index (χ2n) is 6.26. The van der Waals surface area contributed by atoms with Gasteiger partial charge in [-0.25, -0.2) is 0 Å². The molecule has 0 aliphatic carbocycles. The summed E-state index contributed by atoms with van der Waals surface area (Å²) in [6, 6.07) is 23.7. The van der Waals surface area contributed by atoms with Crippen LogP contribution in [0.25, 0.3) is 0 Å². The summed E-state index contributed by atoms with van der Waals surface area (Å²) < 4.78 is 10.8. The zero-order chi connectivity index (χ0) is 20.5. The van der Waals surface area contributed by atoms with Crippen molar-refractivity contribution in [2.75, 3.05) is 19.0 Å². The zero-order valence-corrected chi connectivity index (χ0v) is 16.1. The van der Waals surface area contributed by atoms with Gasteiger partial charge < -0.3 is 20.1 Å². The van der Waals surface area contributed by atoms with E-state index in [0.29, 0.717) is 29.4 Å². The van der Waals surface area contributed by atoms with E-state index in [1.165, 1.54) is 7.11 Å². The fraction of sp³-hybridized carbons (Fsp3) is 0.130. The summed E-state index contributed by atoms with van der Waals surface area (Å²) in [4.78, 5) is 24.2. The van der Waals surface area contributed by atoms with Crippen molar-refractivity contribution in [3.05, 3.63) is 90.0 Å². The van der Waals surface area contributed by atoms with E-state index in [-0.39, 0.29) is 18.4 Å². The topological polar surface area (TPSA) is 76.7 Å². The highest BCUT2D eigenvalue weighted by atomic mass is 16.5. The minimum Gasteiger partial charge on any atom is -0.497 e. The third kappa shape index (κ3) is 6.10. The monoisotopic (exact) mass is 390 g/mol. The van der Waals surface area contributed by atoms with E-state index in [2.05, 4.69) is 10.6 Å². The van der Waals surface area contributed by atoms with E-state index >= 15 is 0 Å². The number of anilines is 1. The van der Waals surface area contributed by atoms with E-state index in [1.54, 1.807) is 48.5 Å². The normalized spacial score (nSPS) is 10.1. The molecule has 0 aromatic heterocycles. The summed E-state index contributed by atoms with van der Waals surface area (Å²) in [5.41, 5.74) is 2.13. The molecular weight excluding hydrogens is 368 g/mol. The minimum absolute atomic E-state index is 0.137. The Morgan fingerprint density at radius 3 is 2.34 bits per heavy atom. The number of amides is 2. The first-order valence-electron chi connectivity index (χ1n) is 9.13. The third-order valence-corrected chi connectivity index (χ3v) is 4.13. The van der Waals surface area contributed by atoms with E-state index in [9.17, 15) is 9.59 Å². The van der Waals surface area contributed by atoms with Gasteiger partial charge in [0.1, 0.15) is 18.1 Å². The van der Waals surface area contributed by atoms with Crippen LogP contribution in [0.4, 0.5) is 5.69 Å². The van der Waals surface area contributed by atoms with Gasteiger partial charge in [0.15, 0.2) is 0 Å². The minimum atomic E-state index is -0.344. The highest BCUT2D eigenvalue weighted by Gasteiger charge is 2.09. The first kappa shape index (κ1) is 19.9. The molecule has 3 rings (SSSR count). The van der Waals surface area contributed by atoms with Gasteiger partial charge in [-0.2, -0.15) is 0 Å². The highest BCUT2D eigenvalue weighted by Crippen LogP contribution is 2.17. The molecule has 2 N–H and O–H groups in total. The third-order valence-electron chi connectivity index (χ3n) is 4.13. The van der Waals surface area contributed by atoms with E-state index in [4.69, 9.17) is 9.47 Å². The molecule has 0 unspecified atom stereocenters. The Balaban J connectivity index is 1.45. The van der Waals surface area contributed by atoms with Crippen molar-refractivity contribution in [1.29, 1.82) is 0 Å². The number of rotatable bonds is 8. The number of methoxy groups -OCH3 is 1. The number of carbonyl (C=O) groups is 2. The molecule has 2 amide bonds. The van der Waals surface area contributed by atoms with Gasteiger partial charge in [0.2, 0.25) is 5.91 Å². The van der Waals surface area contributed by atoms with Crippen molar-refractivity contribution < 1.29 is 19.1 Å². The van der Waals surface area contributed by atoms with Gasteiger partial charge >= 0.3 is 0 Å². The molecule has 6 heteroatoms. The van der Waals surface area contributed by atoms with Crippen LogP contribution < -0.4 is 20.1 Å². The molecule has 0 aliphatic heterocycles. The molecule has 6 nitrogen and oxygen atoms in total. The van der Waals surface area contributed by atoms with Crippen LogP contribution in [0.1, 0.15) is 15.9 Å². The fourth-order valence-electron chi connectivity index (χ4n) is 2.61. The fourth-order valence-corrected chi connectivity index (χ4v) is 2.61. The maximum atomic E-state index is 12.1. The highest BCUT2D eigenvalue weighted by molar-refractivity contribution is 5.99. The van der Waals surface area contributed by atoms with Gasteiger partial charge in [-0.05, 0) is 48.0 Å². The molecule has 3 aromatic rings. The number of benzene rings is 3. The molecule has 0 aliphatic rings.